The van der Waals surface area contributed by atoms with Crippen molar-refractivity contribution in [3.63, 3.8) is 0 Å². The standard InChI is InChI=1S/C18H22N6O5/c1-12(2)23-11-28-24(27-3)17(23)13-6-4-5-7-14(13)29-15-8-19-18(21-10-26)22-16(15)20-9-25/h4-10,12,17H,11H2,1-3H3,(H2,19,20,21,22,25,26). The smallest absolute Gasteiger partial charge is 0.231 e. The second-order valence-corrected chi connectivity index (χ2v) is 6.28. The van der Waals surface area contributed by atoms with E-state index in [4.69, 9.17) is 14.4 Å². The Balaban J connectivity index is 1.97. The summed E-state index contributed by atoms with van der Waals surface area (Å²) < 4.78 is 6.03. The molecule has 1 atom stereocenters. The van der Waals surface area contributed by atoms with E-state index in [0.29, 0.717) is 25.3 Å². The zero-order valence-corrected chi connectivity index (χ0v) is 16.2. The molecule has 29 heavy (non-hydrogen) atoms. The number of anilines is 2. The van der Waals surface area contributed by atoms with Crippen LogP contribution in [-0.4, -0.2) is 52.8 Å². The average molecular weight is 402 g/mol. The van der Waals surface area contributed by atoms with Crippen LogP contribution in [0.25, 0.3) is 0 Å². The topological polar surface area (TPSA) is 118 Å². The van der Waals surface area contributed by atoms with Gasteiger partial charge in [-0.1, -0.05) is 18.2 Å². The molecule has 1 aromatic carbocycles. The Morgan fingerprint density at radius 3 is 2.66 bits per heavy atom. The van der Waals surface area contributed by atoms with E-state index in [1.54, 1.807) is 6.07 Å². The number of rotatable bonds is 9. The number of carbonyl (C=O) groups excluding carboxylic acids is 2. The molecule has 1 saturated heterocycles. The van der Waals surface area contributed by atoms with Crippen LogP contribution in [0.3, 0.4) is 0 Å². The summed E-state index contributed by atoms with van der Waals surface area (Å²) in [7, 11) is 1.53. The molecule has 2 heterocycles. The van der Waals surface area contributed by atoms with E-state index in [9.17, 15) is 9.59 Å². The van der Waals surface area contributed by atoms with E-state index in [1.807, 2.05) is 18.2 Å². The SMILES string of the molecule is CON1OCN(C(C)C)C1c1ccccc1Oc1cnc(NC=O)nc1NC=O. The van der Waals surface area contributed by atoms with Crippen LogP contribution in [0.15, 0.2) is 30.5 Å². The van der Waals surface area contributed by atoms with Gasteiger partial charge in [-0.25, -0.2) is 4.98 Å². The van der Waals surface area contributed by atoms with E-state index in [2.05, 4.69) is 39.3 Å². The lowest BCUT2D eigenvalue weighted by Crippen LogP contribution is -2.35. The zero-order chi connectivity index (χ0) is 20.8. The average Bonchev–Trinajstić information content (AvgIpc) is 3.15. The third-order valence-electron chi connectivity index (χ3n) is 4.25. The number of benzene rings is 1. The van der Waals surface area contributed by atoms with Gasteiger partial charge in [0.1, 0.15) is 18.6 Å². The third kappa shape index (κ3) is 4.49. The van der Waals surface area contributed by atoms with Crippen LogP contribution >= 0.6 is 0 Å². The number of nitrogens with zero attached hydrogens (tertiary/aromatic N) is 4. The van der Waals surface area contributed by atoms with Gasteiger partial charge in [-0.3, -0.25) is 29.5 Å². The summed E-state index contributed by atoms with van der Waals surface area (Å²) in [6, 6.07) is 7.55. The van der Waals surface area contributed by atoms with Crippen LogP contribution in [0.1, 0.15) is 25.6 Å². The number of hydroxylamine groups is 2. The largest absolute Gasteiger partial charge is 0.451 e. The molecule has 1 aliphatic heterocycles. The van der Waals surface area contributed by atoms with Gasteiger partial charge < -0.3 is 10.1 Å². The number of carbonyl (C=O) groups is 2. The molecule has 0 saturated carbocycles. The van der Waals surface area contributed by atoms with Gasteiger partial charge in [-0.2, -0.15) is 4.98 Å². The van der Waals surface area contributed by atoms with Gasteiger partial charge in [0.25, 0.3) is 0 Å². The highest BCUT2D eigenvalue weighted by molar-refractivity contribution is 5.75. The number of amides is 2. The molecule has 2 N–H and O–H groups in total. The van der Waals surface area contributed by atoms with E-state index in [1.165, 1.54) is 18.5 Å². The maximum absolute atomic E-state index is 11.0. The van der Waals surface area contributed by atoms with Gasteiger partial charge >= 0.3 is 0 Å². The minimum absolute atomic E-state index is 0.0331. The maximum atomic E-state index is 11.0. The van der Waals surface area contributed by atoms with E-state index in [-0.39, 0.29) is 29.7 Å². The van der Waals surface area contributed by atoms with Gasteiger partial charge in [-0.15, -0.1) is 0 Å². The van der Waals surface area contributed by atoms with Gasteiger partial charge in [0.2, 0.25) is 18.8 Å². The van der Waals surface area contributed by atoms with Crippen LogP contribution in [0.2, 0.25) is 0 Å². The first-order valence-corrected chi connectivity index (χ1v) is 8.85. The molecule has 0 bridgehead atoms. The molecule has 2 amide bonds. The Hall–Kier alpha value is -3.12. The van der Waals surface area contributed by atoms with Gasteiger partial charge in [0.05, 0.1) is 13.3 Å². The Morgan fingerprint density at radius 1 is 1.21 bits per heavy atom. The van der Waals surface area contributed by atoms with Crippen molar-refractivity contribution >= 4 is 24.6 Å². The predicted molar refractivity (Wildman–Crippen MR) is 102 cm³/mol. The number of hydrogen-bond acceptors (Lipinski definition) is 9. The predicted octanol–water partition coefficient (Wildman–Crippen LogP) is 1.88. The van der Waals surface area contributed by atoms with Crippen LogP contribution in [0, 0.1) is 0 Å². The number of aromatic nitrogens is 2. The normalized spacial score (nSPS) is 17.3. The maximum Gasteiger partial charge on any atom is 0.231 e. The molecule has 0 spiro atoms. The van der Waals surface area contributed by atoms with Crippen LogP contribution in [0.5, 0.6) is 11.5 Å². The fraction of sp³-hybridized carbons (Fsp3) is 0.333. The fourth-order valence-corrected chi connectivity index (χ4v) is 2.89. The van der Waals surface area contributed by atoms with Crippen LogP contribution in [-0.2, 0) is 19.3 Å². The van der Waals surface area contributed by atoms with Crippen molar-refractivity contribution in [2.45, 2.75) is 26.1 Å². The first-order valence-electron chi connectivity index (χ1n) is 8.85. The molecule has 11 nitrogen and oxygen atoms in total. The molecule has 3 rings (SSSR count). The Bertz CT molecular complexity index is 864. The highest BCUT2D eigenvalue weighted by atomic mass is 17.0. The summed E-state index contributed by atoms with van der Waals surface area (Å²) in [5.74, 6) is 0.858. The van der Waals surface area contributed by atoms with Crippen molar-refractivity contribution in [2.24, 2.45) is 0 Å². The van der Waals surface area contributed by atoms with Crippen molar-refractivity contribution in [3.05, 3.63) is 36.0 Å². The molecule has 154 valence electrons. The summed E-state index contributed by atoms with van der Waals surface area (Å²) in [4.78, 5) is 42.7. The molecule has 2 aromatic rings. The molecular weight excluding hydrogens is 380 g/mol. The lowest BCUT2D eigenvalue weighted by molar-refractivity contribution is -0.347. The zero-order valence-electron chi connectivity index (χ0n) is 16.2. The summed E-state index contributed by atoms with van der Waals surface area (Å²) in [5, 5.41) is 6.18. The summed E-state index contributed by atoms with van der Waals surface area (Å²) >= 11 is 0. The summed E-state index contributed by atoms with van der Waals surface area (Å²) in [6.45, 7) is 4.47. The van der Waals surface area contributed by atoms with Crippen LogP contribution in [0.4, 0.5) is 11.8 Å². The van der Waals surface area contributed by atoms with E-state index >= 15 is 0 Å². The van der Waals surface area contributed by atoms with Crippen molar-refractivity contribution in [2.75, 3.05) is 24.5 Å². The number of ether oxygens (including phenoxy) is 1. The Labute approximate surface area is 167 Å². The van der Waals surface area contributed by atoms with Crippen molar-refractivity contribution < 1.29 is 24.0 Å². The number of nitrogens with one attached hydrogen (secondary N) is 2. The molecule has 1 unspecified atom stereocenters. The van der Waals surface area contributed by atoms with Gasteiger partial charge in [0.15, 0.2) is 11.6 Å². The minimum atomic E-state index is -0.351. The molecule has 0 radical (unpaired) electrons. The first kappa shape index (κ1) is 20.6. The molecule has 1 aromatic heterocycles. The molecule has 1 fully saturated rings. The minimum Gasteiger partial charge on any atom is -0.451 e. The lowest BCUT2D eigenvalue weighted by atomic mass is 10.1. The number of para-hydroxylation sites is 1. The monoisotopic (exact) mass is 402 g/mol. The Morgan fingerprint density at radius 2 is 1.97 bits per heavy atom. The van der Waals surface area contributed by atoms with E-state index < -0.39 is 0 Å². The van der Waals surface area contributed by atoms with E-state index in [0.717, 1.165) is 5.56 Å². The lowest BCUT2D eigenvalue weighted by Gasteiger charge is -2.29. The highest BCUT2D eigenvalue weighted by Gasteiger charge is 2.38. The number of hydrogen-bond donors (Lipinski definition) is 2. The molecule has 11 heteroatoms. The highest BCUT2D eigenvalue weighted by Crippen LogP contribution is 2.39. The third-order valence-corrected chi connectivity index (χ3v) is 4.25. The van der Waals surface area contributed by atoms with Crippen molar-refractivity contribution in [1.29, 1.82) is 0 Å². The Kier molecular flexibility index (Phi) is 6.67. The molecule has 0 aliphatic carbocycles. The van der Waals surface area contributed by atoms with Crippen molar-refractivity contribution in [1.82, 2.24) is 20.1 Å². The quantitative estimate of drug-likeness (QED) is 0.606. The van der Waals surface area contributed by atoms with Crippen LogP contribution < -0.4 is 15.4 Å². The van der Waals surface area contributed by atoms with Gasteiger partial charge in [0, 0.05) is 11.6 Å². The van der Waals surface area contributed by atoms with Gasteiger partial charge in [-0.05, 0) is 25.1 Å². The van der Waals surface area contributed by atoms with Crippen molar-refractivity contribution in [3.8, 4) is 11.5 Å². The second kappa shape index (κ2) is 9.39. The first-order chi connectivity index (χ1) is 14.1. The fourth-order valence-electron chi connectivity index (χ4n) is 2.89. The molecular formula is C18H22N6O5. The molecule has 1 aliphatic rings. The second-order valence-electron chi connectivity index (χ2n) is 6.28. The summed E-state index contributed by atoms with van der Waals surface area (Å²) in [6.07, 6.45) is 1.91. The summed E-state index contributed by atoms with van der Waals surface area (Å²) in [5.41, 5.74) is 0.785.